The predicted octanol–water partition coefficient (Wildman–Crippen LogP) is 4.35. The van der Waals surface area contributed by atoms with E-state index in [-0.39, 0.29) is 42.4 Å². The molecule has 3 amide bonds. The maximum atomic E-state index is 14.3. The number of aliphatic hydroxyl groups is 2. The van der Waals surface area contributed by atoms with Gasteiger partial charge in [0.05, 0.1) is 26.4 Å². The molecule has 2 aromatic rings. The van der Waals surface area contributed by atoms with Gasteiger partial charge in [-0.15, -0.1) is 0 Å². The Morgan fingerprint density at radius 3 is 2.36 bits per heavy atom. The van der Waals surface area contributed by atoms with Gasteiger partial charge >= 0.3 is 0 Å². The first kappa shape index (κ1) is 42.0. The summed E-state index contributed by atoms with van der Waals surface area (Å²) < 4.78 is 6.03. The maximum absolute atomic E-state index is 14.3. The number of benzene rings is 2. The number of nitrogens with one attached hydrogen (secondary N) is 2. The van der Waals surface area contributed by atoms with Crippen molar-refractivity contribution < 1.29 is 34.2 Å². The van der Waals surface area contributed by atoms with Crippen molar-refractivity contribution in [3.8, 4) is 16.9 Å². The first-order chi connectivity index (χ1) is 24.8. The number of methoxy groups -OCH3 is 1. The van der Waals surface area contributed by atoms with E-state index in [1.54, 1.807) is 31.2 Å². The summed E-state index contributed by atoms with van der Waals surface area (Å²) in [5.74, 6) is -0.292. The number of hydrogen-bond acceptors (Lipinski definition) is 9. The fourth-order valence-electron chi connectivity index (χ4n) is 8.17. The van der Waals surface area contributed by atoms with Crippen LogP contribution in [0.1, 0.15) is 84.2 Å². The Morgan fingerprint density at radius 1 is 1.11 bits per heavy atom. The van der Waals surface area contributed by atoms with Gasteiger partial charge in [0.25, 0.3) is 5.91 Å². The number of nitrogens with zero attached hydrogens (tertiary/aromatic N) is 2. The molecule has 2 aromatic carbocycles. The first-order valence-electron chi connectivity index (χ1n) is 18.9. The van der Waals surface area contributed by atoms with Crippen LogP contribution in [0.5, 0.6) is 5.75 Å². The number of carbonyl (C=O) groups is 3. The van der Waals surface area contributed by atoms with Crippen LogP contribution in [0.4, 0.5) is 5.69 Å². The van der Waals surface area contributed by atoms with Gasteiger partial charge in [-0.3, -0.25) is 19.2 Å². The largest absolute Gasteiger partial charge is 0.496 e. The molecule has 4 rings (SSSR count). The van der Waals surface area contributed by atoms with Crippen molar-refractivity contribution in [2.45, 2.75) is 105 Å². The predicted molar refractivity (Wildman–Crippen MR) is 207 cm³/mol. The molecule has 9 atom stereocenters. The fourth-order valence-corrected chi connectivity index (χ4v) is 8.17. The molecule has 0 bridgehead atoms. The van der Waals surface area contributed by atoms with Gasteiger partial charge in [0, 0.05) is 48.4 Å². The van der Waals surface area contributed by atoms with Crippen LogP contribution in [0.25, 0.3) is 11.1 Å². The summed E-state index contributed by atoms with van der Waals surface area (Å²) in [6.07, 6.45) is -0.477. The Morgan fingerprint density at radius 2 is 1.79 bits per heavy atom. The summed E-state index contributed by atoms with van der Waals surface area (Å²) in [6, 6.07) is 9.34. The van der Waals surface area contributed by atoms with E-state index in [1.165, 1.54) is 0 Å². The van der Waals surface area contributed by atoms with E-state index >= 15 is 0 Å². The first-order valence-corrected chi connectivity index (χ1v) is 18.9. The highest BCUT2D eigenvalue weighted by atomic mass is 16.7. The lowest BCUT2D eigenvalue weighted by atomic mass is 9.58. The summed E-state index contributed by atoms with van der Waals surface area (Å²) >= 11 is 0. The molecule has 6 N–H and O–H groups in total. The van der Waals surface area contributed by atoms with Crippen molar-refractivity contribution in [2.75, 3.05) is 32.7 Å². The number of hydrogen-bond donors (Lipinski definition) is 5. The zero-order valence-corrected chi connectivity index (χ0v) is 33.5. The maximum Gasteiger partial charge on any atom is 0.252 e. The molecule has 0 spiro atoms. The molecule has 0 radical (unpaired) electrons. The number of ether oxygens (including phenoxy) is 1. The number of carbonyl (C=O) groups excluding carboxylic acids is 3. The van der Waals surface area contributed by atoms with Gasteiger partial charge < -0.3 is 36.2 Å². The Balaban J connectivity index is 1.70. The molecule has 294 valence electrons. The number of anilines is 1. The summed E-state index contributed by atoms with van der Waals surface area (Å²) in [6.45, 7) is 16.5. The number of primary amides is 1. The smallest absolute Gasteiger partial charge is 0.252 e. The minimum atomic E-state index is -0.935. The Bertz CT molecular complexity index is 1610. The van der Waals surface area contributed by atoms with E-state index in [4.69, 9.17) is 15.3 Å². The molecule has 1 saturated heterocycles. The van der Waals surface area contributed by atoms with Gasteiger partial charge in [-0.1, -0.05) is 66.7 Å². The molecular weight excluding hydrogens is 674 g/mol. The summed E-state index contributed by atoms with van der Waals surface area (Å²) in [4.78, 5) is 48.2. The Kier molecular flexibility index (Phi) is 13.6. The number of nitrogens with two attached hydrogens (primary N) is 1. The van der Waals surface area contributed by atoms with E-state index in [9.17, 15) is 24.6 Å². The average Bonchev–Trinajstić information content (AvgIpc) is 3.47. The summed E-state index contributed by atoms with van der Waals surface area (Å²) in [5, 5.41) is 29.0. The number of para-hydroxylation sites is 1. The highest BCUT2D eigenvalue weighted by molar-refractivity contribution is 5.99. The van der Waals surface area contributed by atoms with E-state index < -0.39 is 42.0 Å². The van der Waals surface area contributed by atoms with Gasteiger partial charge in [-0.2, -0.15) is 5.06 Å². The molecule has 0 aromatic heterocycles. The van der Waals surface area contributed by atoms with Crippen molar-refractivity contribution in [2.24, 2.45) is 40.7 Å². The lowest BCUT2D eigenvalue weighted by Crippen LogP contribution is -2.56. The molecule has 1 aliphatic carbocycles. The van der Waals surface area contributed by atoms with Gasteiger partial charge in [0.1, 0.15) is 23.9 Å². The third-order valence-electron chi connectivity index (χ3n) is 12.2. The number of hydroxylamine groups is 2. The van der Waals surface area contributed by atoms with Crippen LogP contribution in [0.15, 0.2) is 36.4 Å². The fraction of sp³-hybridized carbons (Fsp3) is 0.634. The zero-order valence-electron chi connectivity index (χ0n) is 33.5. The minimum Gasteiger partial charge on any atom is -0.496 e. The van der Waals surface area contributed by atoms with Crippen LogP contribution in [-0.4, -0.2) is 91.1 Å². The topological polar surface area (TPSA) is 167 Å². The molecule has 0 unspecified atom stereocenters. The second kappa shape index (κ2) is 17.2. The van der Waals surface area contributed by atoms with E-state index in [0.717, 1.165) is 12.1 Å². The van der Waals surface area contributed by atoms with Gasteiger partial charge in [-0.05, 0) is 72.6 Å². The third kappa shape index (κ3) is 9.16. The van der Waals surface area contributed by atoms with Gasteiger partial charge in [-0.25, -0.2) is 0 Å². The van der Waals surface area contributed by atoms with E-state index in [1.807, 2.05) is 57.1 Å². The van der Waals surface area contributed by atoms with Crippen LogP contribution < -0.4 is 26.0 Å². The standard InChI is InChI=1S/C41H63N5O7/c1-22(2)15-33(38(42)49)44-39(50)29-17-28(18-30(19-29)45(9)10)31-14-12-13-27(37(31)52-11)20-46-36(35(26(6)48)34(21-47)53-46)40(51)43-32-16-23(3)41(7,8)25(5)24(32)4/h12-14,17-19,22-26,32-36,47-48H,15-16,20-21H2,1-11H3,(H2,42,49)(H,43,51)(H,44,50)/t23-,24+,25+,26+,32+,33+,34+,35-,36+/m1/s1. The van der Waals surface area contributed by atoms with E-state index in [0.29, 0.717) is 46.3 Å². The van der Waals surface area contributed by atoms with Crippen LogP contribution in [0.2, 0.25) is 0 Å². The van der Waals surface area contributed by atoms with E-state index in [2.05, 4.69) is 45.3 Å². The Hall–Kier alpha value is -3.71. The quantitative estimate of drug-likeness (QED) is 0.190. The molecule has 1 saturated carbocycles. The molecular formula is C41H63N5O7. The molecule has 12 nitrogen and oxygen atoms in total. The van der Waals surface area contributed by atoms with Crippen molar-refractivity contribution in [3.05, 3.63) is 47.5 Å². The van der Waals surface area contributed by atoms with Crippen LogP contribution in [0, 0.1) is 35.0 Å². The normalized spacial score (nSPS) is 26.9. The zero-order chi connectivity index (χ0) is 39.5. The summed E-state index contributed by atoms with van der Waals surface area (Å²) in [5.41, 5.74) is 8.97. The number of rotatable bonds is 14. The van der Waals surface area contributed by atoms with Gasteiger partial charge in [0.2, 0.25) is 11.8 Å². The Labute approximate surface area is 315 Å². The van der Waals surface area contributed by atoms with Gasteiger partial charge in [0.15, 0.2) is 0 Å². The number of amides is 3. The van der Waals surface area contributed by atoms with Crippen LogP contribution in [0.3, 0.4) is 0 Å². The third-order valence-corrected chi connectivity index (χ3v) is 12.2. The van der Waals surface area contributed by atoms with Crippen molar-refractivity contribution in [1.29, 1.82) is 0 Å². The lowest BCUT2D eigenvalue weighted by Gasteiger charge is -2.50. The minimum absolute atomic E-state index is 0.0536. The molecule has 2 aliphatic rings. The lowest BCUT2D eigenvalue weighted by molar-refractivity contribution is -0.182. The second-order valence-electron chi connectivity index (χ2n) is 16.6. The van der Waals surface area contributed by atoms with Crippen molar-refractivity contribution in [1.82, 2.24) is 15.7 Å². The molecule has 1 aliphatic heterocycles. The van der Waals surface area contributed by atoms with Crippen molar-refractivity contribution in [3.63, 3.8) is 0 Å². The highest BCUT2D eigenvalue weighted by Crippen LogP contribution is 2.47. The van der Waals surface area contributed by atoms with Crippen LogP contribution >= 0.6 is 0 Å². The monoisotopic (exact) mass is 737 g/mol. The highest BCUT2D eigenvalue weighted by Gasteiger charge is 2.51. The molecule has 12 heteroatoms. The average molecular weight is 738 g/mol. The molecule has 53 heavy (non-hydrogen) atoms. The number of aliphatic hydroxyl groups excluding tert-OH is 2. The SMILES string of the molecule is COc1c(CN2O[C@@H](CO)[C@@H]([C@H](C)O)[C@H]2C(=O)N[C@H]2C[C@@H](C)C(C)(C)[C@@H](C)[C@@H]2C)cccc1-c1cc(C(=O)N[C@@H](CC(C)C)C(N)=O)cc(N(C)C)c1. The second-order valence-corrected chi connectivity index (χ2v) is 16.6. The van der Waals surface area contributed by atoms with Crippen LogP contribution in [-0.2, 0) is 21.0 Å². The van der Waals surface area contributed by atoms with Crippen molar-refractivity contribution >= 4 is 23.4 Å². The summed E-state index contributed by atoms with van der Waals surface area (Å²) in [7, 11) is 5.32. The molecule has 1 heterocycles. The molecule has 2 fully saturated rings.